The van der Waals surface area contributed by atoms with E-state index in [4.69, 9.17) is 9.47 Å². The molecule has 3 heterocycles. The summed E-state index contributed by atoms with van der Waals surface area (Å²) in [7, 11) is 11.6. The molecule has 3 aliphatic heterocycles. The predicted octanol–water partition coefficient (Wildman–Crippen LogP) is 2.75. The van der Waals surface area contributed by atoms with Gasteiger partial charge in [-0.25, -0.2) is 0 Å². The fourth-order valence-corrected chi connectivity index (χ4v) is 15.0. The number of carbonyl (C=O) groups excluding carboxylic acids is 13. The van der Waals surface area contributed by atoms with Crippen molar-refractivity contribution in [1.82, 2.24) is 60.0 Å². The first-order valence-corrected chi connectivity index (χ1v) is 35.9. The SMILES string of the molecule is C=CCOC(=O)CC[C@@H]1NC(=O)CN(C)C(=O)[C@H](Cc2ccc(C)cc2)N2CCC=CC(C2=O)N(C)C(=O)CN(C)C(=O)[C@H]([C@@H](C)CC)NC(=O)[C@H](CC2CCCC2)N(C)C(=O)C[C@@H](C(=O)N(C)C)N(C)C(=O)[C@H](C2CCCC2)N(C)C(=O)C2(CCC2)NC(=O)C2C[C@@H](OCC)CN2C1=O. The molecule has 2 bridgehead atoms. The average molecular weight is 1400 g/mol. The van der Waals surface area contributed by atoms with Crippen LogP contribution in [0.2, 0.25) is 0 Å². The lowest BCUT2D eigenvalue weighted by atomic mass is 9.74. The Morgan fingerprint density at radius 2 is 1.38 bits per heavy atom. The Balaban J connectivity index is 1.31. The van der Waals surface area contributed by atoms with Crippen LogP contribution in [-0.4, -0.2) is 277 Å². The molecule has 100 heavy (non-hydrogen) atoms. The van der Waals surface area contributed by atoms with E-state index in [0.717, 1.165) is 49.0 Å². The number of benzene rings is 1. The molecule has 5 fully saturated rings. The second-order valence-corrected chi connectivity index (χ2v) is 28.8. The topological polar surface area (TPSA) is 306 Å². The summed E-state index contributed by atoms with van der Waals surface area (Å²) in [5.74, 6) is -9.50. The Kier molecular flexibility index (Phi) is 28.4. The summed E-state index contributed by atoms with van der Waals surface area (Å²) < 4.78 is 11.3. The molecule has 10 atom stereocenters. The van der Waals surface area contributed by atoms with Gasteiger partial charge in [0.25, 0.3) is 0 Å². The number of nitrogens with zero attached hydrogens (tertiary/aromatic N) is 9. The van der Waals surface area contributed by atoms with Crippen molar-refractivity contribution in [3.63, 3.8) is 0 Å². The molecule has 27 nitrogen and oxygen atoms in total. The summed E-state index contributed by atoms with van der Waals surface area (Å²) in [6, 6.07) is -2.87. The first kappa shape index (κ1) is 79.1. The fourth-order valence-electron chi connectivity index (χ4n) is 15.0. The van der Waals surface area contributed by atoms with Crippen LogP contribution in [0.3, 0.4) is 0 Å². The monoisotopic (exact) mass is 1390 g/mol. The highest BCUT2D eigenvalue weighted by Gasteiger charge is 2.54. The highest BCUT2D eigenvalue weighted by Crippen LogP contribution is 2.39. The molecule has 7 rings (SSSR count). The fraction of sp³-hybridized carbons (Fsp3) is 0.685. The van der Waals surface area contributed by atoms with E-state index in [1.807, 2.05) is 38.1 Å². The molecular formula is C73H110N12O15. The summed E-state index contributed by atoms with van der Waals surface area (Å²) in [5, 5.41) is 8.73. The zero-order chi connectivity index (χ0) is 73.4. The molecule has 6 aliphatic rings. The molecule has 27 heteroatoms. The molecule has 1 aromatic rings. The van der Waals surface area contributed by atoms with Gasteiger partial charge in [-0.2, -0.15) is 0 Å². The van der Waals surface area contributed by atoms with E-state index in [0.29, 0.717) is 31.2 Å². The van der Waals surface area contributed by atoms with Crippen LogP contribution in [0, 0.1) is 24.7 Å². The van der Waals surface area contributed by atoms with Crippen LogP contribution >= 0.6 is 0 Å². The Morgan fingerprint density at radius 1 is 0.730 bits per heavy atom. The third kappa shape index (κ3) is 19.2. The number of hydrogen-bond acceptors (Lipinski definition) is 15. The van der Waals surface area contributed by atoms with Crippen molar-refractivity contribution in [2.24, 2.45) is 17.8 Å². The van der Waals surface area contributed by atoms with E-state index < -0.39 is 168 Å². The van der Waals surface area contributed by atoms with Crippen molar-refractivity contribution < 1.29 is 71.8 Å². The molecule has 2 saturated heterocycles. The molecule has 12 amide bonds. The smallest absolute Gasteiger partial charge is 0.306 e. The minimum atomic E-state index is -1.56. The number of aryl methyl sites for hydroxylation is 1. The third-order valence-electron chi connectivity index (χ3n) is 21.5. The van der Waals surface area contributed by atoms with Gasteiger partial charge in [-0.15, -0.1) is 0 Å². The number of carbonyl (C=O) groups is 13. The maximum absolute atomic E-state index is 15.5. The van der Waals surface area contributed by atoms with Crippen molar-refractivity contribution in [3.05, 3.63) is 60.2 Å². The van der Waals surface area contributed by atoms with Crippen molar-refractivity contribution in [3.8, 4) is 0 Å². The Bertz CT molecular complexity index is 3180. The molecule has 3 saturated carbocycles. The summed E-state index contributed by atoms with van der Waals surface area (Å²) in [4.78, 5) is 205. The lowest BCUT2D eigenvalue weighted by molar-refractivity contribution is -0.158. The Labute approximate surface area is 589 Å². The van der Waals surface area contributed by atoms with E-state index in [2.05, 4.69) is 22.5 Å². The number of fused-ring (bicyclic) bond motifs is 3. The molecule has 2 unspecified atom stereocenters. The molecule has 552 valence electrons. The minimum absolute atomic E-state index is 0.0175. The van der Waals surface area contributed by atoms with Gasteiger partial charge < -0.3 is 69.5 Å². The highest BCUT2D eigenvalue weighted by molar-refractivity contribution is 6.01. The van der Waals surface area contributed by atoms with Crippen LogP contribution in [0.5, 0.6) is 0 Å². The number of esters is 1. The second kappa shape index (κ2) is 35.9. The van der Waals surface area contributed by atoms with Crippen molar-refractivity contribution in [1.29, 1.82) is 0 Å². The lowest BCUT2D eigenvalue weighted by Gasteiger charge is -2.46. The van der Waals surface area contributed by atoms with Crippen LogP contribution < -0.4 is 16.0 Å². The van der Waals surface area contributed by atoms with Crippen LogP contribution in [0.15, 0.2) is 49.1 Å². The summed E-state index contributed by atoms with van der Waals surface area (Å²) >= 11 is 0. The Morgan fingerprint density at radius 3 is 1.99 bits per heavy atom. The summed E-state index contributed by atoms with van der Waals surface area (Å²) in [6.07, 6.45) is 10.4. The van der Waals surface area contributed by atoms with Gasteiger partial charge in [0.05, 0.1) is 25.6 Å². The standard InChI is InChI=1S/C73H110N12O15/c1-14-38-100-61(89)34-33-52-66(92)85-43-51(99-16-3)41-55(85)65(91)76-73(35-23-36-73)72(98)83(13)63(50-26-19-20-27-50)71(97)82(12)56(67(93)77(6)7)42-59(87)81(11)54(39-48-24-17-18-25-48)64(90)75-62(47(5)15-2)70(96)79(9)45-60(88)80(10)53-28-21-22-37-84(69(53)95)57(40-49-31-29-46(4)30-32-49)68(94)78(8)44-58(86)74-52/h14,21,28-32,47-48,50-57,62-63H,1,15-20,22-27,33-45H2,2-13H3,(H,74,86)(H,75,90)(H,76,91)/t47-,51+,52-,53?,54-,55?,56-,57-,62-,63-/m0/s1. The first-order chi connectivity index (χ1) is 47.5. The van der Waals surface area contributed by atoms with Crippen molar-refractivity contribution in [2.45, 2.75) is 210 Å². The molecule has 0 radical (unpaired) electrons. The van der Waals surface area contributed by atoms with Gasteiger partial charge in [-0.05, 0) is 88.5 Å². The predicted molar refractivity (Wildman–Crippen MR) is 371 cm³/mol. The second-order valence-electron chi connectivity index (χ2n) is 28.8. The summed E-state index contributed by atoms with van der Waals surface area (Å²) in [6.45, 7) is 9.67. The number of amides is 12. The maximum Gasteiger partial charge on any atom is 0.306 e. The normalized spacial score (nSPS) is 27.2. The summed E-state index contributed by atoms with van der Waals surface area (Å²) in [5.41, 5.74) is 0.0567. The largest absolute Gasteiger partial charge is 0.461 e. The third-order valence-corrected chi connectivity index (χ3v) is 21.5. The highest BCUT2D eigenvalue weighted by atomic mass is 16.5. The van der Waals surface area contributed by atoms with E-state index in [9.17, 15) is 24.0 Å². The van der Waals surface area contributed by atoms with Crippen LogP contribution in [0.1, 0.15) is 147 Å². The number of likely N-dealkylation sites (N-methyl/N-ethyl adjacent to an activating group) is 7. The lowest BCUT2D eigenvalue weighted by Crippen LogP contribution is -2.68. The average Bonchev–Trinajstić information content (AvgIpc) is 1.05. The van der Waals surface area contributed by atoms with Gasteiger partial charge in [-0.1, -0.05) is 113 Å². The molecule has 3 N–H and O–H groups in total. The number of rotatable bonds is 15. The van der Waals surface area contributed by atoms with E-state index in [1.165, 1.54) is 102 Å². The van der Waals surface area contributed by atoms with Gasteiger partial charge in [-0.3, -0.25) is 62.3 Å². The number of nitrogens with one attached hydrogen (secondary N) is 3. The van der Waals surface area contributed by atoms with Gasteiger partial charge in [0, 0.05) is 95.3 Å². The van der Waals surface area contributed by atoms with Gasteiger partial charge in [0.2, 0.25) is 70.9 Å². The van der Waals surface area contributed by atoms with E-state index in [-0.39, 0.29) is 83.6 Å². The van der Waals surface area contributed by atoms with Gasteiger partial charge >= 0.3 is 5.97 Å². The zero-order valence-electron chi connectivity index (χ0n) is 61.0. The quantitative estimate of drug-likeness (QED) is 0.168. The maximum atomic E-state index is 15.5. The molecule has 3 aliphatic carbocycles. The van der Waals surface area contributed by atoms with Crippen molar-refractivity contribution in [2.75, 3.05) is 95.8 Å². The Hall–Kier alpha value is -8.23. The minimum Gasteiger partial charge on any atom is -0.461 e. The van der Waals surface area contributed by atoms with E-state index in [1.54, 1.807) is 26.0 Å². The van der Waals surface area contributed by atoms with Crippen molar-refractivity contribution >= 4 is 76.9 Å². The number of ether oxygens (including phenoxy) is 2. The van der Waals surface area contributed by atoms with Crippen LogP contribution in [0.4, 0.5) is 0 Å². The first-order valence-electron chi connectivity index (χ1n) is 35.9. The zero-order valence-corrected chi connectivity index (χ0v) is 61.0. The van der Waals surface area contributed by atoms with E-state index >= 15 is 38.4 Å². The van der Waals surface area contributed by atoms with Crippen LogP contribution in [-0.2, 0) is 78.2 Å². The van der Waals surface area contributed by atoms with Gasteiger partial charge in [0.15, 0.2) is 0 Å². The molecule has 0 aromatic heterocycles. The van der Waals surface area contributed by atoms with Crippen LogP contribution in [0.25, 0.3) is 0 Å². The number of hydrogen-bond donors (Lipinski definition) is 3. The molecule has 1 spiro atoms. The van der Waals surface area contributed by atoms with Gasteiger partial charge in [0.1, 0.15) is 60.5 Å². The molecule has 1 aromatic carbocycles. The molecular weight excluding hydrogens is 1280 g/mol.